The number of nitrogen functional groups attached to an aromatic ring is 1. The molecule has 1 unspecified atom stereocenters. The first kappa shape index (κ1) is 12.8. The third kappa shape index (κ3) is 2.46. The van der Waals surface area contributed by atoms with Crippen molar-refractivity contribution in [1.82, 2.24) is 5.32 Å². The first-order valence-corrected chi connectivity index (χ1v) is 5.54. The number of non-ortho nitro benzene ring substituents is 1. The molecule has 2 rings (SSSR count). The second-order valence-corrected chi connectivity index (χ2v) is 4.26. The first-order valence-electron chi connectivity index (χ1n) is 5.54. The summed E-state index contributed by atoms with van der Waals surface area (Å²) >= 11 is 0. The number of carbonyl (C=O) groups is 2. The Kier molecular flexibility index (Phi) is 3.07. The summed E-state index contributed by atoms with van der Waals surface area (Å²) in [5.74, 6) is -0.894. The minimum Gasteiger partial charge on any atom is -0.398 e. The number of anilines is 2. The van der Waals surface area contributed by atoms with E-state index in [1.807, 2.05) is 0 Å². The Balaban J connectivity index is 2.42. The Hall–Kier alpha value is -2.64. The molecule has 0 spiro atoms. The molecule has 1 aliphatic rings. The van der Waals surface area contributed by atoms with Gasteiger partial charge in [-0.05, 0) is 13.0 Å². The zero-order valence-corrected chi connectivity index (χ0v) is 10.1. The van der Waals surface area contributed by atoms with Gasteiger partial charge in [0.05, 0.1) is 11.5 Å². The highest BCUT2D eigenvalue weighted by Crippen LogP contribution is 2.27. The molecule has 1 heterocycles. The molecule has 1 atom stereocenters. The maximum Gasteiger partial charge on any atom is 0.273 e. The number of hydrogen-bond acceptors (Lipinski definition) is 6. The summed E-state index contributed by atoms with van der Waals surface area (Å²) in [5.41, 5.74) is 6.00. The fraction of sp³-hybridized carbons (Fsp3) is 0.273. The molecule has 1 aromatic carbocycles. The van der Waals surface area contributed by atoms with Crippen molar-refractivity contribution in [3.8, 4) is 0 Å². The van der Waals surface area contributed by atoms with Crippen LogP contribution in [-0.2, 0) is 9.59 Å². The van der Waals surface area contributed by atoms with Crippen LogP contribution in [-0.4, -0.2) is 29.3 Å². The van der Waals surface area contributed by atoms with E-state index in [-0.39, 0.29) is 17.9 Å². The van der Waals surface area contributed by atoms with E-state index in [9.17, 15) is 19.7 Å². The van der Waals surface area contributed by atoms with Crippen LogP contribution in [0.2, 0.25) is 0 Å². The number of nitrogens with one attached hydrogen (secondary N) is 1. The number of rotatable bonds is 2. The van der Waals surface area contributed by atoms with Crippen molar-refractivity contribution in [1.29, 1.82) is 0 Å². The lowest BCUT2D eigenvalue weighted by Crippen LogP contribution is -2.57. The van der Waals surface area contributed by atoms with Gasteiger partial charge in [-0.2, -0.15) is 0 Å². The molecule has 0 saturated carbocycles. The van der Waals surface area contributed by atoms with Crippen molar-refractivity contribution in [3.05, 3.63) is 28.3 Å². The van der Waals surface area contributed by atoms with Gasteiger partial charge in [-0.15, -0.1) is 0 Å². The molecule has 2 amide bonds. The molecule has 0 aromatic heterocycles. The lowest BCUT2D eigenvalue weighted by molar-refractivity contribution is -0.384. The molecule has 1 aromatic rings. The van der Waals surface area contributed by atoms with Crippen molar-refractivity contribution in [2.75, 3.05) is 17.2 Å². The number of imide groups is 1. The van der Waals surface area contributed by atoms with Crippen LogP contribution in [0.4, 0.5) is 17.1 Å². The van der Waals surface area contributed by atoms with E-state index in [1.165, 1.54) is 23.1 Å². The Bertz CT molecular complexity index is 572. The van der Waals surface area contributed by atoms with E-state index in [2.05, 4.69) is 5.32 Å². The van der Waals surface area contributed by atoms with Crippen LogP contribution >= 0.6 is 0 Å². The number of carbonyl (C=O) groups excluding carboxylic acids is 2. The molecule has 0 radical (unpaired) electrons. The SMILES string of the molecule is CC1C(=O)NC(=O)CN1c1cc(N)cc([N+](=O)[O-])c1. The summed E-state index contributed by atoms with van der Waals surface area (Å²) in [6.45, 7) is 1.56. The minimum absolute atomic E-state index is 0.0481. The van der Waals surface area contributed by atoms with E-state index in [0.717, 1.165) is 0 Å². The summed E-state index contributed by atoms with van der Waals surface area (Å²) in [5, 5.41) is 13.0. The van der Waals surface area contributed by atoms with Gasteiger partial charge >= 0.3 is 0 Å². The Morgan fingerprint density at radius 2 is 2.11 bits per heavy atom. The zero-order chi connectivity index (χ0) is 14.2. The fourth-order valence-electron chi connectivity index (χ4n) is 1.92. The normalized spacial score (nSPS) is 19.2. The number of nitrogens with zero attached hydrogens (tertiary/aromatic N) is 2. The molecule has 1 fully saturated rings. The van der Waals surface area contributed by atoms with Gasteiger partial charge in [0, 0.05) is 23.5 Å². The molecule has 3 N–H and O–H groups in total. The molecule has 8 nitrogen and oxygen atoms in total. The van der Waals surface area contributed by atoms with E-state index in [4.69, 9.17) is 5.73 Å². The predicted octanol–water partition coefficient (Wildman–Crippen LogP) is 0.0283. The van der Waals surface area contributed by atoms with Crippen LogP contribution in [0, 0.1) is 10.1 Å². The molecule has 19 heavy (non-hydrogen) atoms. The number of amides is 2. The molecular weight excluding hydrogens is 252 g/mol. The molecule has 1 aliphatic heterocycles. The average molecular weight is 264 g/mol. The van der Waals surface area contributed by atoms with E-state index < -0.39 is 22.8 Å². The van der Waals surface area contributed by atoms with Crippen molar-refractivity contribution in [2.45, 2.75) is 13.0 Å². The highest BCUT2D eigenvalue weighted by molar-refractivity contribution is 6.04. The predicted molar refractivity (Wildman–Crippen MR) is 67.5 cm³/mol. The van der Waals surface area contributed by atoms with Crippen LogP contribution in [0.5, 0.6) is 0 Å². The zero-order valence-electron chi connectivity index (χ0n) is 10.1. The smallest absolute Gasteiger partial charge is 0.273 e. The maximum absolute atomic E-state index is 11.6. The second-order valence-electron chi connectivity index (χ2n) is 4.26. The highest BCUT2D eigenvalue weighted by Gasteiger charge is 2.31. The Morgan fingerprint density at radius 1 is 1.42 bits per heavy atom. The third-order valence-electron chi connectivity index (χ3n) is 2.89. The van der Waals surface area contributed by atoms with Gasteiger partial charge in [0.15, 0.2) is 0 Å². The molecule has 1 saturated heterocycles. The van der Waals surface area contributed by atoms with Crippen LogP contribution in [0.15, 0.2) is 18.2 Å². The maximum atomic E-state index is 11.6. The number of nitro benzene ring substituents is 1. The second kappa shape index (κ2) is 4.56. The monoisotopic (exact) mass is 264 g/mol. The van der Waals surface area contributed by atoms with Crippen molar-refractivity contribution >= 4 is 28.9 Å². The summed E-state index contributed by atoms with van der Waals surface area (Å²) in [6, 6.07) is 3.41. The van der Waals surface area contributed by atoms with Gasteiger partial charge in [-0.1, -0.05) is 0 Å². The van der Waals surface area contributed by atoms with Crippen LogP contribution in [0.25, 0.3) is 0 Å². The topological polar surface area (TPSA) is 119 Å². The molecule has 8 heteroatoms. The van der Waals surface area contributed by atoms with Crippen LogP contribution < -0.4 is 16.0 Å². The number of benzene rings is 1. The van der Waals surface area contributed by atoms with Crippen molar-refractivity contribution in [3.63, 3.8) is 0 Å². The molecule has 100 valence electrons. The fourth-order valence-corrected chi connectivity index (χ4v) is 1.92. The van der Waals surface area contributed by atoms with Gasteiger partial charge < -0.3 is 10.6 Å². The van der Waals surface area contributed by atoms with Gasteiger partial charge in [0.2, 0.25) is 11.8 Å². The number of nitrogens with two attached hydrogens (primary N) is 1. The highest BCUT2D eigenvalue weighted by atomic mass is 16.6. The molecular formula is C11H12N4O4. The largest absolute Gasteiger partial charge is 0.398 e. The summed E-state index contributed by atoms with van der Waals surface area (Å²) < 4.78 is 0. The summed E-state index contributed by atoms with van der Waals surface area (Å²) in [6.07, 6.45) is 0. The first-order chi connectivity index (χ1) is 8.88. The third-order valence-corrected chi connectivity index (χ3v) is 2.89. The minimum atomic E-state index is -0.598. The van der Waals surface area contributed by atoms with Gasteiger partial charge in [-0.25, -0.2) is 0 Å². The average Bonchev–Trinajstić information content (AvgIpc) is 2.32. The number of hydrogen-bond donors (Lipinski definition) is 2. The van der Waals surface area contributed by atoms with Crippen molar-refractivity contribution in [2.24, 2.45) is 0 Å². The number of nitro groups is 1. The molecule has 0 aliphatic carbocycles. The van der Waals surface area contributed by atoms with E-state index >= 15 is 0 Å². The summed E-state index contributed by atoms with van der Waals surface area (Å²) in [7, 11) is 0. The van der Waals surface area contributed by atoms with Gasteiger partial charge in [-0.3, -0.25) is 25.0 Å². The standard InChI is InChI=1S/C11H12N4O4/c1-6-11(17)13-10(16)5-14(6)8-2-7(12)3-9(4-8)15(18)19/h2-4,6H,5,12H2,1H3,(H,13,16,17). The quantitative estimate of drug-likeness (QED) is 0.336. The van der Waals surface area contributed by atoms with Crippen LogP contribution in [0.1, 0.15) is 6.92 Å². The van der Waals surface area contributed by atoms with E-state index in [1.54, 1.807) is 6.92 Å². The van der Waals surface area contributed by atoms with Crippen LogP contribution in [0.3, 0.4) is 0 Å². The van der Waals surface area contributed by atoms with Gasteiger partial charge in [0.1, 0.15) is 6.04 Å². The number of piperazine rings is 1. The molecule has 0 bridgehead atoms. The van der Waals surface area contributed by atoms with Gasteiger partial charge in [0.25, 0.3) is 5.69 Å². The summed E-state index contributed by atoms with van der Waals surface area (Å²) in [4.78, 5) is 34.6. The Morgan fingerprint density at radius 3 is 2.74 bits per heavy atom. The van der Waals surface area contributed by atoms with Crippen molar-refractivity contribution < 1.29 is 14.5 Å². The van der Waals surface area contributed by atoms with E-state index in [0.29, 0.717) is 5.69 Å². The lowest BCUT2D eigenvalue weighted by Gasteiger charge is -2.33. The Labute approximate surface area is 108 Å². The lowest BCUT2D eigenvalue weighted by atomic mass is 10.1.